The van der Waals surface area contributed by atoms with Crippen molar-refractivity contribution in [3.05, 3.63) is 0 Å². The number of ether oxygens (including phenoxy) is 2. The Morgan fingerprint density at radius 1 is 1.44 bits per heavy atom. The Bertz CT molecular complexity index is 404. The van der Waals surface area contributed by atoms with E-state index >= 15 is 0 Å². The Labute approximate surface area is 109 Å². The standard InChI is InChI=1S/C9H15N5O3S/c1-3-17-8-11-7(14-10)12-9(13-8)18-5-4-6(15)16-2/h3-5,10H2,1-2H3,(H,11,12,13,14). The van der Waals surface area contributed by atoms with Crippen LogP contribution in [0.25, 0.3) is 0 Å². The van der Waals surface area contributed by atoms with Gasteiger partial charge < -0.3 is 9.47 Å². The number of rotatable bonds is 7. The van der Waals surface area contributed by atoms with Gasteiger partial charge in [0.05, 0.1) is 20.1 Å². The molecule has 0 spiro atoms. The van der Waals surface area contributed by atoms with Gasteiger partial charge in [0.15, 0.2) is 5.16 Å². The summed E-state index contributed by atoms with van der Waals surface area (Å²) < 4.78 is 9.71. The quantitative estimate of drug-likeness (QED) is 0.311. The maximum Gasteiger partial charge on any atom is 0.322 e. The number of thioether (sulfide) groups is 1. The Kier molecular flexibility index (Phi) is 6.15. The fourth-order valence-electron chi connectivity index (χ4n) is 0.988. The van der Waals surface area contributed by atoms with Gasteiger partial charge in [0.1, 0.15) is 0 Å². The summed E-state index contributed by atoms with van der Waals surface area (Å²) in [5.74, 6) is 5.68. The van der Waals surface area contributed by atoms with Crippen molar-refractivity contribution < 1.29 is 14.3 Å². The van der Waals surface area contributed by atoms with Crippen LogP contribution in [0.1, 0.15) is 13.3 Å². The lowest BCUT2D eigenvalue weighted by molar-refractivity contribution is -0.140. The van der Waals surface area contributed by atoms with Gasteiger partial charge in [0.25, 0.3) is 0 Å². The molecule has 0 unspecified atom stereocenters. The smallest absolute Gasteiger partial charge is 0.322 e. The number of carbonyl (C=O) groups is 1. The Balaban J connectivity index is 2.63. The summed E-state index contributed by atoms with van der Waals surface area (Å²) in [6, 6.07) is 0.195. The molecule has 100 valence electrons. The van der Waals surface area contributed by atoms with Crippen molar-refractivity contribution in [1.82, 2.24) is 15.0 Å². The van der Waals surface area contributed by atoms with Crippen molar-refractivity contribution in [3.8, 4) is 6.01 Å². The predicted molar refractivity (Wildman–Crippen MR) is 66.2 cm³/mol. The lowest BCUT2D eigenvalue weighted by Crippen LogP contribution is -2.13. The second-order valence-corrected chi connectivity index (χ2v) is 4.04. The Morgan fingerprint density at radius 3 is 2.83 bits per heavy atom. The van der Waals surface area contributed by atoms with Gasteiger partial charge in [0.2, 0.25) is 5.95 Å². The first kappa shape index (κ1) is 14.5. The van der Waals surface area contributed by atoms with E-state index in [0.717, 1.165) is 0 Å². The number of esters is 1. The van der Waals surface area contributed by atoms with E-state index < -0.39 is 0 Å². The maximum absolute atomic E-state index is 10.9. The van der Waals surface area contributed by atoms with Crippen LogP contribution in [0.4, 0.5) is 5.95 Å². The molecule has 18 heavy (non-hydrogen) atoms. The molecule has 0 aliphatic rings. The van der Waals surface area contributed by atoms with Crippen LogP contribution in [-0.2, 0) is 9.53 Å². The second kappa shape index (κ2) is 7.67. The third-order valence-electron chi connectivity index (χ3n) is 1.76. The number of nitrogens with two attached hydrogens (primary N) is 1. The summed E-state index contributed by atoms with van der Waals surface area (Å²) >= 11 is 1.30. The summed E-state index contributed by atoms with van der Waals surface area (Å²) in [6.07, 6.45) is 0.280. The van der Waals surface area contributed by atoms with Crippen LogP contribution in [-0.4, -0.2) is 40.4 Å². The molecule has 1 rings (SSSR count). The fraction of sp³-hybridized carbons (Fsp3) is 0.556. The molecule has 0 aliphatic heterocycles. The normalized spacial score (nSPS) is 9.94. The highest BCUT2D eigenvalue weighted by molar-refractivity contribution is 7.99. The van der Waals surface area contributed by atoms with E-state index in [9.17, 15) is 4.79 Å². The number of carbonyl (C=O) groups excluding carboxylic acids is 1. The van der Waals surface area contributed by atoms with Gasteiger partial charge in [-0.15, -0.1) is 0 Å². The van der Waals surface area contributed by atoms with Crippen LogP contribution >= 0.6 is 11.8 Å². The number of hydrogen-bond donors (Lipinski definition) is 2. The Morgan fingerprint density at radius 2 is 2.22 bits per heavy atom. The molecule has 0 aliphatic carbocycles. The summed E-state index contributed by atoms with van der Waals surface area (Å²) in [4.78, 5) is 23.0. The topological polar surface area (TPSA) is 112 Å². The molecule has 0 atom stereocenters. The summed E-state index contributed by atoms with van der Waals surface area (Å²) in [5.41, 5.74) is 2.33. The minimum absolute atomic E-state index is 0.195. The lowest BCUT2D eigenvalue weighted by atomic mass is 10.5. The van der Waals surface area contributed by atoms with Gasteiger partial charge in [-0.1, -0.05) is 11.8 Å². The number of aromatic nitrogens is 3. The molecule has 0 saturated carbocycles. The number of anilines is 1. The molecule has 0 aromatic carbocycles. The summed E-state index contributed by atoms with van der Waals surface area (Å²) in [7, 11) is 1.35. The van der Waals surface area contributed by atoms with Crippen molar-refractivity contribution in [3.63, 3.8) is 0 Å². The van der Waals surface area contributed by atoms with E-state index in [1.807, 2.05) is 6.92 Å². The van der Waals surface area contributed by atoms with Gasteiger partial charge in [-0.05, 0) is 6.92 Å². The number of nitrogen functional groups attached to an aromatic ring is 1. The molecule has 0 radical (unpaired) electrons. The second-order valence-electron chi connectivity index (χ2n) is 2.98. The maximum atomic E-state index is 10.9. The molecular weight excluding hydrogens is 258 g/mol. The molecule has 0 saturated heterocycles. The molecule has 0 fully saturated rings. The Hall–Kier alpha value is -1.61. The number of nitrogens with one attached hydrogen (secondary N) is 1. The average molecular weight is 273 g/mol. The molecule has 0 bridgehead atoms. The third kappa shape index (κ3) is 4.72. The largest absolute Gasteiger partial charge is 0.469 e. The number of methoxy groups -OCH3 is 1. The highest BCUT2D eigenvalue weighted by Crippen LogP contribution is 2.18. The van der Waals surface area contributed by atoms with Crippen LogP contribution < -0.4 is 16.0 Å². The van der Waals surface area contributed by atoms with E-state index in [1.165, 1.54) is 18.9 Å². The highest BCUT2D eigenvalue weighted by atomic mass is 32.2. The molecule has 1 aromatic heterocycles. The first-order valence-corrected chi connectivity index (χ1v) is 6.23. The first-order valence-electron chi connectivity index (χ1n) is 5.24. The van der Waals surface area contributed by atoms with Crippen LogP contribution in [0.3, 0.4) is 0 Å². The van der Waals surface area contributed by atoms with Gasteiger partial charge in [-0.2, -0.15) is 15.0 Å². The lowest BCUT2D eigenvalue weighted by Gasteiger charge is -2.05. The van der Waals surface area contributed by atoms with Crippen LogP contribution in [0.5, 0.6) is 6.01 Å². The van der Waals surface area contributed by atoms with Gasteiger partial charge in [-0.3, -0.25) is 10.2 Å². The zero-order valence-electron chi connectivity index (χ0n) is 10.2. The van der Waals surface area contributed by atoms with Crippen molar-refractivity contribution in [2.75, 3.05) is 24.9 Å². The SMILES string of the molecule is CCOc1nc(NN)nc(SCCC(=O)OC)n1. The van der Waals surface area contributed by atoms with Gasteiger partial charge in [-0.25, -0.2) is 5.84 Å². The predicted octanol–water partition coefficient (Wildman–Crippen LogP) is 0.211. The minimum atomic E-state index is -0.279. The number of hydrogen-bond acceptors (Lipinski definition) is 9. The van der Waals surface area contributed by atoms with Crippen molar-refractivity contribution in [2.45, 2.75) is 18.5 Å². The zero-order chi connectivity index (χ0) is 13.4. The average Bonchev–Trinajstić information content (AvgIpc) is 2.38. The number of hydrazine groups is 1. The van der Waals surface area contributed by atoms with Crippen molar-refractivity contribution in [2.24, 2.45) is 5.84 Å². The van der Waals surface area contributed by atoms with E-state index in [2.05, 4.69) is 25.1 Å². The molecule has 8 nitrogen and oxygen atoms in total. The fourth-order valence-corrected chi connectivity index (χ4v) is 1.73. The molecule has 1 heterocycles. The summed E-state index contributed by atoms with van der Waals surface area (Å²) in [6.45, 7) is 2.27. The van der Waals surface area contributed by atoms with E-state index in [-0.39, 0.29) is 24.3 Å². The van der Waals surface area contributed by atoms with Crippen molar-refractivity contribution in [1.29, 1.82) is 0 Å². The first-order chi connectivity index (χ1) is 8.69. The molecule has 3 N–H and O–H groups in total. The third-order valence-corrected chi connectivity index (χ3v) is 2.61. The van der Waals surface area contributed by atoms with Crippen molar-refractivity contribution >= 4 is 23.7 Å². The summed E-state index contributed by atoms with van der Waals surface area (Å²) in [5, 5.41) is 0.435. The van der Waals surface area contributed by atoms with Crippen LogP contribution in [0.15, 0.2) is 5.16 Å². The highest BCUT2D eigenvalue weighted by Gasteiger charge is 2.08. The molecule has 9 heteroatoms. The van der Waals surface area contributed by atoms with E-state index in [4.69, 9.17) is 10.6 Å². The van der Waals surface area contributed by atoms with Gasteiger partial charge in [0, 0.05) is 5.75 Å². The monoisotopic (exact) mass is 273 g/mol. The zero-order valence-corrected chi connectivity index (χ0v) is 11.0. The molecule has 1 aromatic rings. The van der Waals surface area contributed by atoms with Crippen LogP contribution in [0.2, 0.25) is 0 Å². The minimum Gasteiger partial charge on any atom is -0.469 e. The molecular formula is C9H15N5O3S. The van der Waals surface area contributed by atoms with E-state index in [0.29, 0.717) is 17.5 Å². The van der Waals surface area contributed by atoms with Crippen LogP contribution in [0, 0.1) is 0 Å². The molecule has 0 amide bonds. The number of nitrogens with zero attached hydrogens (tertiary/aromatic N) is 3. The van der Waals surface area contributed by atoms with E-state index in [1.54, 1.807) is 0 Å². The van der Waals surface area contributed by atoms with Gasteiger partial charge >= 0.3 is 12.0 Å².